The molecule has 1 saturated heterocycles. The van der Waals surface area contributed by atoms with Crippen molar-refractivity contribution in [2.24, 2.45) is 0 Å². The van der Waals surface area contributed by atoms with Crippen molar-refractivity contribution in [1.29, 1.82) is 5.26 Å². The van der Waals surface area contributed by atoms with Crippen LogP contribution in [0.15, 0.2) is 48.8 Å². The molecule has 45 heavy (non-hydrogen) atoms. The Morgan fingerprint density at radius 2 is 1.82 bits per heavy atom. The molecule has 16 nitrogen and oxygen atoms in total. The van der Waals surface area contributed by atoms with E-state index < -0.39 is 68.3 Å². The number of nitrogens with two attached hydrogens (primary N) is 1. The van der Waals surface area contributed by atoms with Gasteiger partial charge in [0.05, 0.1) is 11.8 Å². The number of carbonyl (C=O) groups excluding carboxylic acids is 3. The zero-order valence-corrected chi connectivity index (χ0v) is 26.0. The van der Waals surface area contributed by atoms with Crippen LogP contribution in [0.2, 0.25) is 0 Å². The fourth-order valence-corrected chi connectivity index (χ4v) is 6.13. The number of rotatable bonds is 12. The van der Waals surface area contributed by atoms with E-state index in [1.165, 1.54) is 29.9 Å². The zero-order valence-electron chi connectivity index (χ0n) is 25.1. The van der Waals surface area contributed by atoms with Crippen molar-refractivity contribution in [2.45, 2.75) is 70.7 Å². The minimum Gasteiger partial charge on any atom is -0.462 e. The lowest BCUT2D eigenvalue weighted by Crippen LogP contribution is -2.49. The van der Waals surface area contributed by atoms with Crippen LogP contribution < -0.4 is 15.3 Å². The topological polar surface area (TPSA) is 216 Å². The number of nitrogens with one attached hydrogen (secondary N) is 1. The van der Waals surface area contributed by atoms with Gasteiger partial charge >= 0.3 is 25.7 Å². The van der Waals surface area contributed by atoms with Crippen LogP contribution in [-0.2, 0) is 42.4 Å². The first-order valence-corrected chi connectivity index (χ1v) is 15.3. The van der Waals surface area contributed by atoms with Crippen LogP contribution in [0.1, 0.15) is 46.4 Å². The molecule has 0 radical (unpaired) electrons. The van der Waals surface area contributed by atoms with E-state index in [9.17, 15) is 24.2 Å². The van der Waals surface area contributed by atoms with Crippen LogP contribution in [-0.4, -0.2) is 69.1 Å². The zero-order chi connectivity index (χ0) is 32.9. The summed E-state index contributed by atoms with van der Waals surface area (Å²) in [6.45, 7) is 6.06. The molecule has 240 valence electrons. The second-order valence-corrected chi connectivity index (χ2v) is 12.0. The summed E-state index contributed by atoms with van der Waals surface area (Å²) >= 11 is 0. The summed E-state index contributed by atoms with van der Waals surface area (Å²) in [7, 11) is -4.51. The highest BCUT2D eigenvalue weighted by atomic mass is 31.2. The first kappa shape index (κ1) is 33.3. The molecule has 0 bridgehead atoms. The Bertz CT molecular complexity index is 1640. The molecule has 0 aliphatic carbocycles. The summed E-state index contributed by atoms with van der Waals surface area (Å²) in [6.07, 6.45) is -3.52. The summed E-state index contributed by atoms with van der Waals surface area (Å²) in [5.74, 6) is -2.10. The molecule has 4 rings (SSSR count). The second kappa shape index (κ2) is 13.6. The van der Waals surface area contributed by atoms with Gasteiger partial charge in [-0.15, -0.1) is 0 Å². The van der Waals surface area contributed by atoms with Gasteiger partial charge in [-0.05, 0) is 45.0 Å². The van der Waals surface area contributed by atoms with Crippen molar-refractivity contribution >= 4 is 37.0 Å². The smallest absolute Gasteiger partial charge is 0.459 e. The quantitative estimate of drug-likeness (QED) is 0.165. The number of hydrogen-bond acceptors (Lipinski definition) is 14. The van der Waals surface area contributed by atoms with E-state index in [0.29, 0.717) is 5.52 Å². The maximum Gasteiger partial charge on any atom is 0.459 e. The normalized spacial score (nSPS) is 23.1. The van der Waals surface area contributed by atoms with Gasteiger partial charge in [0.25, 0.3) is 0 Å². The molecule has 3 N–H and O–H groups in total. The number of carbonyl (C=O) groups is 3. The highest BCUT2D eigenvalue weighted by Gasteiger charge is 2.62. The van der Waals surface area contributed by atoms with Crippen LogP contribution in [0.3, 0.4) is 0 Å². The number of ether oxygens (including phenoxy) is 4. The number of nitriles is 1. The first-order valence-electron chi connectivity index (χ1n) is 13.8. The number of anilines is 1. The van der Waals surface area contributed by atoms with Crippen molar-refractivity contribution in [3.63, 3.8) is 0 Å². The summed E-state index contributed by atoms with van der Waals surface area (Å²) in [5, 5.41) is 17.2. The molecule has 6 atom stereocenters. The number of nitrogens with zero attached hydrogens (tertiary/aromatic N) is 4. The van der Waals surface area contributed by atoms with Crippen LogP contribution in [0, 0.1) is 11.3 Å². The molecular formula is C28H33N6O10P. The SMILES string of the molecule is CC(=O)O[C@H]1[C@H](c2ccc3c(N)ncnn23)O[C@](C#N)(CO[P@@](=O)(N[C@@H](C)C(=O)OC(C)C)Oc2ccccc2)[C@H]1OC(C)=O. The second-order valence-electron chi connectivity index (χ2n) is 10.4. The number of esters is 3. The Morgan fingerprint density at radius 1 is 1.13 bits per heavy atom. The molecule has 3 aromatic rings. The molecule has 1 aliphatic rings. The van der Waals surface area contributed by atoms with Crippen molar-refractivity contribution in [3.8, 4) is 11.8 Å². The molecule has 3 heterocycles. The lowest BCUT2D eigenvalue weighted by atomic mass is 9.95. The van der Waals surface area contributed by atoms with E-state index >= 15 is 0 Å². The third-order valence-corrected chi connectivity index (χ3v) is 8.08. The third kappa shape index (κ3) is 7.58. The predicted octanol–water partition coefficient (Wildman–Crippen LogP) is 2.64. The van der Waals surface area contributed by atoms with Crippen LogP contribution >= 0.6 is 7.75 Å². The molecule has 0 unspecified atom stereocenters. The average Bonchev–Trinajstić information content (AvgIpc) is 3.52. The minimum atomic E-state index is -4.51. The van der Waals surface area contributed by atoms with Crippen LogP contribution in [0.5, 0.6) is 5.75 Å². The molecule has 1 aromatic carbocycles. The Labute approximate surface area is 258 Å². The fraction of sp³-hybridized carbons (Fsp3) is 0.429. The lowest BCUT2D eigenvalue weighted by molar-refractivity contribution is -0.166. The lowest BCUT2D eigenvalue weighted by Gasteiger charge is -2.30. The summed E-state index contributed by atoms with van der Waals surface area (Å²) in [5.41, 5.74) is 4.41. The monoisotopic (exact) mass is 644 g/mol. The van der Waals surface area contributed by atoms with Gasteiger partial charge in [-0.2, -0.15) is 15.4 Å². The van der Waals surface area contributed by atoms with Gasteiger partial charge in [-0.25, -0.2) is 14.1 Å². The van der Waals surface area contributed by atoms with Crippen molar-refractivity contribution in [1.82, 2.24) is 19.7 Å². The Kier molecular flexibility index (Phi) is 10.1. The predicted molar refractivity (Wildman–Crippen MR) is 155 cm³/mol. The van der Waals surface area contributed by atoms with E-state index in [1.54, 1.807) is 44.2 Å². The standard InChI is InChI=1S/C28H33N6O10P/c1-16(2)40-27(37)17(3)33-45(38,44-20-9-7-6-8-10-20)39-14-28(13-29)25(42-19(5)36)24(41-18(4)35)23(43-28)21-11-12-22-26(30)31-15-32-34(21)22/h6-12,15-17,23-25H,14H2,1-5H3,(H,33,38)(H2,30,31,32)/t17-,23-,24-,25-,28+,45-/m0/s1. The van der Waals surface area contributed by atoms with E-state index in [2.05, 4.69) is 15.2 Å². The molecule has 0 spiro atoms. The Balaban J connectivity index is 1.74. The van der Waals surface area contributed by atoms with Gasteiger partial charge in [-0.1, -0.05) is 18.2 Å². The minimum absolute atomic E-state index is 0.111. The molecule has 2 aromatic heterocycles. The van der Waals surface area contributed by atoms with Gasteiger partial charge in [0, 0.05) is 13.8 Å². The number of fused-ring (bicyclic) bond motifs is 1. The van der Waals surface area contributed by atoms with Gasteiger partial charge in [0.15, 0.2) is 18.0 Å². The summed E-state index contributed by atoms with van der Waals surface area (Å²) in [4.78, 5) is 41.0. The van der Waals surface area contributed by atoms with Crippen molar-refractivity contribution in [2.75, 3.05) is 12.3 Å². The molecule has 17 heteroatoms. The third-order valence-electron chi connectivity index (χ3n) is 6.46. The maximum atomic E-state index is 14.2. The van der Waals surface area contributed by atoms with Crippen molar-refractivity contribution in [3.05, 3.63) is 54.5 Å². The Hall–Kier alpha value is -4.55. The molecular weight excluding hydrogens is 611 g/mol. The van der Waals surface area contributed by atoms with E-state index in [4.69, 9.17) is 33.7 Å². The van der Waals surface area contributed by atoms with Gasteiger partial charge < -0.3 is 29.2 Å². The van der Waals surface area contributed by atoms with Crippen LogP contribution in [0.25, 0.3) is 5.52 Å². The van der Waals surface area contributed by atoms with Gasteiger partial charge in [-0.3, -0.25) is 18.9 Å². The highest BCUT2D eigenvalue weighted by molar-refractivity contribution is 7.52. The number of benzene rings is 1. The van der Waals surface area contributed by atoms with E-state index in [-0.39, 0.29) is 17.3 Å². The molecule has 1 aliphatic heterocycles. The van der Waals surface area contributed by atoms with Crippen LogP contribution in [0.4, 0.5) is 5.82 Å². The largest absolute Gasteiger partial charge is 0.462 e. The summed E-state index contributed by atoms with van der Waals surface area (Å²) < 4.78 is 49.4. The van der Waals surface area contributed by atoms with Gasteiger partial charge in [0.2, 0.25) is 5.60 Å². The fourth-order valence-electron chi connectivity index (χ4n) is 4.61. The molecule has 0 saturated carbocycles. The highest BCUT2D eigenvalue weighted by Crippen LogP contribution is 2.49. The number of hydrogen-bond donors (Lipinski definition) is 2. The first-order chi connectivity index (χ1) is 21.3. The van der Waals surface area contributed by atoms with Gasteiger partial charge in [0.1, 0.15) is 42.4 Å². The summed E-state index contributed by atoms with van der Waals surface area (Å²) in [6, 6.07) is 11.9. The molecule has 1 fully saturated rings. The average molecular weight is 645 g/mol. The Morgan fingerprint density at radius 3 is 2.44 bits per heavy atom. The number of para-hydroxylation sites is 1. The molecule has 0 amide bonds. The number of aromatic nitrogens is 3. The van der Waals surface area contributed by atoms with Crippen molar-refractivity contribution < 1.29 is 46.9 Å². The van der Waals surface area contributed by atoms with E-state index in [1.807, 2.05) is 6.07 Å². The maximum absolute atomic E-state index is 14.2. The number of nitrogen functional groups attached to an aromatic ring is 1. The van der Waals surface area contributed by atoms with E-state index in [0.717, 1.165) is 13.8 Å².